The van der Waals surface area contributed by atoms with Gasteiger partial charge in [0.1, 0.15) is 0 Å². The summed E-state index contributed by atoms with van der Waals surface area (Å²) in [6.45, 7) is 4.00. The highest BCUT2D eigenvalue weighted by atomic mass is 79.9. The summed E-state index contributed by atoms with van der Waals surface area (Å²) in [6.07, 6.45) is 3.40. The van der Waals surface area contributed by atoms with Crippen LogP contribution in [0.2, 0.25) is 0 Å². The molecule has 1 aliphatic rings. The number of nitro benzene ring substituents is 1. The number of fused-ring (bicyclic) bond motifs is 3. The molecule has 1 heterocycles. The molecule has 9 heteroatoms. The quantitative estimate of drug-likeness (QED) is 0.230. The van der Waals surface area contributed by atoms with Gasteiger partial charge in [-0.25, -0.2) is 4.68 Å². The monoisotopic (exact) mass is 518 g/mol. The Labute approximate surface area is 203 Å². The molecular weight excluding hydrogens is 500 g/mol. The van der Waals surface area contributed by atoms with E-state index in [9.17, 15) is 19.7 Å². The largest absolute Gasteiger partial charge is 0.320 e. The number of nitrogens with one attached hydrogen (secondary N) is 1. The molecule has 1 aromatic heterocycles. The van der Waals surface area contributed by atoms with Crippen LogP contribution in [-0.4, -0.2) is 26.4 Å². The maximum atomic E-state index is 13.2. The number of rotatable bonds is 4. The summed E-state index contributed by atoms with van der Waals surface area (Å²) < 4.78 is 2.41. The van der Waals surface area contributed by atoms with Crippen LogP contribution in [0.5, 0.6) is 0 Å². The third kappa shape index (κ3) is 4.01. The van der Waals surface area contributed by atoms with Crippen LogP contribution in [0.15, 0.2) is 77.5 Å². The van der Waals surface area contributed by atoms with E-state index in [4.69, 9.17) is 0 Å². The lowest BCUT2D eigenvalue weighted by molar-refractivity contribution is -0.384. The van der Waals surface area contributed by atoms with Gasteiger partial charge in [-0.1, -0.05) is 38.1 Å². The maximum Gasteiger partial charge on any atom is 0.270 e. The minimum absolute atomic E-state index is 0.171. The number of aromatic nitrogens is 2. The highest BCUT2D eigenvalue weighted by Gasteiger charge is 2.32. The van der Waals surface area contributed by atoms with E-state index >= 15 is 0 Å². The normalized spacial score (nSPS) is 11.2. The Morgan fingerprint density at radius 1 is 1.03 bits per heavy atom. The number of carbonyl (C=O) groups excluding carboxylic acids is 2. The van der Waals surface area contributed by atoms with Crippen molar-refractivity contribution in [3.05, 3.63) is 104 Å². The van der Waals surface area contributed by atoms with Gasteiger partial charge in [0.2, 0.25) is 0 Å². The van der Waals surface area contributed by atoms with Crippen molar-refractivity contribution in [3.8, 4) is 16.8 Å². The predicted octanol–water partition coefficient (Wildman–Crippen LogP) is 6.03. The summed E-state index contributed by atoms with van der Waals surface area (Å²) in [4.78, 5) is 36.9. The van der Waals surface area contributed by atoms with Gasteiger partial charge in [-0.05, 0) is 51.3 Å². The minimum Gasteiger partial charge on any atom is -0.320 e. The van der Waals surface area contributed by atoms with E-state index < -0.39 is 16.6 Å². The van der Waals surface area contributed by atoms with E-state index in [1.165, 1.54) is 12.1 Å². The van der Waals surface area contributed by atoms with Gasteiger partial charge >= 0.3 is 0 Å². The van der Waals surface area contributed by atoms with E-state index in [0.29, 0.717) is 22.5 Å². The van der Waals surface area contributed by atoms with Gasteiger partial charge in [0, 0.05) is 29.5 Å². The van der Waals surface area contributed by atoms with Crippen molar-refractivity contribution in [2.75, 3.05) is 5.32 Å². The molecule has 3 aromatic carbocycles. The first kappa shape index (κ1) is 23.1. The molecule has 1 amide bonds. The number of non-ortho nitro benzene ring substituents is 1. The number of anilines is 1. The molecule has 5 rings (SSSR count). The second-order valence-electron chi connectivity index (χ2n) is 7.12. The molecule has 0 aliphatic heterocycles. The molecule has 0 atom stereocenters. The van der Waals surface area contributed by atoms with Gasteiger partial charge in [0.25, 0.3) is 11.6 Å². The fourth-order valence-electron chi connectivity index (χ4n) is 3.82. The number of nitrogens with zero attached hydrogens (tertiary/aromatic N) is 3. The molecule has 0 bridgehead atoms. The van der Waals surface area contributed by atoms with Crippen LogP contribution in [-0.2, 0) is 0 Å². The molecule has 8 nitrogen and oxygen atoms in total. The Bertz CT molecular complexity index is 1440. The van der Waals surface area contributed by atoms with Gasteiger partial charge < -0.3 is 5.32 Å². The third-order valence-corrected chi connectivity index (χ3v) is 5.64. The molecule has 0 radical (unpaired) electrons. The number of benzene rings is 3. The van der Waals surface area contributed by atoms with Crippen molar-refractivity contribution in [2.45, 2.75) is 13.8 Å². The van der Waals surface area contributed by atoms with Crippen molar-refractivity contribution >= 4 is 39.0 Å². The summed E-state index contributed by atoms with van der Waals surface area (Å²) in [5, 5.41) is 18.3. The van der Waals surface area contributed by atoms with Crippen LogP contribution in [0.4, 0.5) is 11.4 Å². The number of hydrogen-bond donors (Lipinski definition) is 1. The Hall–Kier alpha value is -4.11. The van der Waals surface area contributed by atoms with Crippen molar-refractivity contribution in [1.29, 1.82) is 0 Å². The summed E-state index contributed by atoms with van der Waals surface area (Å²) in [7, 11) is 0. The molecule has 0 unspecified atom stereocenters. The van der Waals surface area contributed by atoms with Crippen molar-refractivity contribution in [2.24, 2.45) is 0 Å². The lowest BCUT2D eigenvalue weighted by atomic mass is 10.00. The molecule has 0 saturated carbocycles. The molecule has 170 valence electrons. The number of para-hydroxylation sites is 2. The summed E-state index contributed by atoms with van der Waals surface area (Å²) in [5.41, 5.74) is 2.81. The van der Waals surface area contributed by atoms with Crippen LogP contribution >= 0.6 is 15.9 Å². The Morgan fingerprint density at radius 2 is 1.79 bits per heavy atom. The molecule has 0 spiro atoms. The number of ketones is 1. The average Bonchev–Trinajstić information content (AvgIpc) is 3.41. The van der Waals surface area contributed by atoms with Crippen LogP contribution in [0.25, 0.3) is 16.8 Å². The fraction of sp³-hybridized carbons (Fsp3) is 0.0800. The van der Waals surface area contributed by atoms with Crippen molar-refractivity contribution < 1.29 is 14.5 Å². The first-order chi connectivity index (χ1) is 16.4. The van der Waals surface area contributed by atoms with Gasteiger partial charge in [-0.15, -0.1) is 0 Å². The zero-order chi connectivity index (χ0) is 24.4. The second kappa shape index (κ2) is 9.40. The Kier molecular flexibility index (Phi) is 6.38. The number of amides is 1. The van der Waals surface area contributed by atoms with Gasteiger partial charge in [-0.2, -0.15) is 5.10 Å². The van der Waals surface area contributed by atoms with Crippen LogP contribution in [0.3, 0.4) is 0 Å². The van der Waals surface area contributed by atoms with Crippen molar-refractivity contribution in [1.82, 2.24) is 9.78 Å². The number of carbonyl (C=O) groups is 2. The molecule has 1 N–H and O–H groups in total. The first-order valence-electron chi connectivity index (χ1n) is 10.5. The first-order valence-corrected chi connectivity index (χ1v) is 11.3. The molecule has 0 saturated heterocycles. The van der Waals surface area contributed by atoms with Gasteiger partial charge in [0.05, 0.1) is 32.5 Å². The molecule has 0 fully saturated rings. The van der Waals surface area contributed by atoms with Crippen LogP contribution in [0, 0.1) is 10.1 Å². The van der Waals surface area contributed by atoms with E-state index in [0.717, 1.165) is 4.47 Å². The topological polar surface area (TPSA) is 107 Å². The highest BCUT2D eigenvalue weighted by molar-refractivity contribution is 9.10. The number of nitro groups is 1. The smallest absolute Gasteiger partial charge is 0.270 e. The van der Waals surface area contributed by atoms with Crippen molar-refractivity contribution in [3.63, 3.8) is 0 Å². The zero-order valence-corrected chi connectivity index (χ0v) is 19.9. The van der Waals surface area contributed by atoms with Gasteiger partial charge in [-0.3, -0.25) is 19.7 Å². The Balaban J connectivity index is 0.00000133. The maximum absolute atomic E-state index is 13.2. The summed E-state index contributed by atoms with van der Waals surface area (Å²) in [5.74, 6) is -0.870. The second-order valence-corrected chi connectivity index (χ2v) is 8.03. The lowest BCUT2D eigenvalue weighted by Gasteiger charge is -2.12. The fourth-order valence-corrected chi connectivity index (χ4v) is 4.10. The Morgan fingerprint density at radius 3 is 2.50 bits per heavy atom. The van der Waals surface area contributed by atoms with Crippen LogP contribution in [0.1, 0.15) is 40.1 Å². The minimum atomic E-state index is -0.547. The number of hydrogen-bond acceptors (Lipinski definition) is 5. The molecule has 1 aliphatic carbocycles. The standard InChI is InChI=1S/C23H13BrN4O4.C2H6/c24-13-11-25-27(12-13)20-7-2-1-6-19(20)26-23(30)17-5-3-4-16-15-9-8-14(28(31)32)10-18(15)22(29)21(16)17;1-2/h1-12H,(H,26,30);1-2H3. The summed E-state index contributed by atoms with van der Waals surface area (Å²) in [6, 6.07) is 16.3. The van der Waals surface area contributed by atoms with E-state index in [2.05, 4.69) is 26.3 Å². The summed E-state index contributed by atoms with van der Waals surface area (Å²) >= 11 is 3.36. The lowest BCUT2D eigenvalue weighted by Crippen LogP contribution is -2.17. The third-order valence-electron chi connectivity index (χ3n) is 5.24. The van der Waals surface area contributed by atoms with Crippen LogP contribution < -0.4 is 5.32 Å². The molecule has 4 aromatic rings. The van der Waals surface area contributed by atoms with E-state index in [-0.39, 0.29) is 22.4 Å². The van der Waals surface area contributed by atoms with Gasteiger partial charge in [0.15, 0.2) is 5.78 Å². The average molecular weight is 519 g/mol. The molecule has 34 heavy (non-hydrogen) atoms. The SMILES string of the molecule is CC.O=C(Nc1ccccc1-n1cc(Br)cn1)c1cccc2c1C(=O)c1cc([N+](=O)[O-])ccc1-2. The highest BCUT2D eigenvalue weighted by Crippen LogP contribution is 2.40. The van der Waals surface area contributed by atoms with E-state index in [1.54, 1.807) is 53.5 Å². The molecular formula is C25H19BrN4O4. The number of halogens is 1. The zero-order valence-electron chi connectivity index (χ0n) is 18.3. The van der Waals surface area contributed by atoms with E-state index in [1.807, 2.05) is 26.0 Å². The predicted molar refractivity (Wildman–Crippen MR) is 133 cm³/mol.